The van der Waals surface area contributed by atoms with Crippen LogP contribution in [0.5, 0.6) is 0 Å². The van der Waals surface area contributed by atoms with Crippen LogP contribution < -0.4 is 0 Å². The molecular weight excluding hydrogens is 282 g/mol. The fraction of sp³-hybridized carbons (Fsp3) is 0.562. The summed E-state index contributed by atoms with van der Waals surface area (Å²) in [5.41, 5.74) is 1.80. The molecule has 0 spiro atoms. The lowest BCUT2D eigenvalue weighted by molar-refractivity contribution is -0.137. The zero-order valence-corrected chi connectivity index (χ0v) is 12.6. The molecule has 1 aliphatic heterocycles. The topological polar surface area (TPSA) is 75.4 Å². The van der Waals surface area contributed by atoms with E-state index in [9.17, 15) is 9.59 Å². The van der Waals surface area contributed by atoms with Gasteiger partial charge in [0.25, 0.3) is 0 Å². The van der Waals surface area contributed by atoms with Crippen LogP contribution in [0.1, 0.15) is 37.1 Å². The molecule has 0 radical (unpaired) electrons. The first-order chi connectivity index (χ1) is 10.6. The van der Waals surface area contributed by atoms with Gasteiger partial charge in [-0.15, -0.1) is 0 Å². The third-order valence-electron chi connectivity index (χ3n) is 4.35. The second kappa shape index (κ2) is 6.34. The van der Waals surface area contributed by atoms with Gasteiger partial charge in [0, 0.05) is 19.4 Å². The van der Waals surface area contributed by atoms with Gasteiger partial charge in [0.2, 0.25) is 5.91 Å². The molecule has 1 atom stereocenters. The summed E-state index contributed by atoms with van der Waals surface area (Å²) in [4.78, 5) is 24.9. The van der Waals surface area contributed by atoms with Crippen molar-refractivity contribution in [1.82, 2.24) is 14.7 Å². The molecule has 6 heteroatoms. The van der Waals surface area contributed by atoms with E-state index in [4.69, 9.17) is 5.11 Å². The predicted molar refractivity (Wildman–Crippen MR) is 80.1 cm³/mol. The zero-order chi connectivity index (χ0) is 15.5. The van der Waals surface area contributed by atoms with Gasteiger partial charge in [-0.3, -0.25) is 14.3 Å². The van der Waals surface area contributed by atoms with Crippen molar-refractivity contribution in [1.29, 1.82) is 0 Å². The van der Waals surface area contributed by atoms with Gasteiger partial charge in [-0.1, -0.05) is 12.2 Å². The highest BCUT2D eigenvalue weighted by atomic mass is 16.4. The molecule has 0 saturated heterocycles. The Morgan fingerprint density at radius 3 is 2.95 bits per heavy atom. The van der Waals surface area contributed by atoms with E-state index in [0.717, 1.165) is 24.2 Å². The van der Waals surface area contributed by atoms with Gasteiger partial charge in [-0.25, -0.2) is 0 Å². The van der Waals surface area contributed by atoms with Gasteiger partial charge in [0.15, 0.2) is 0 Å². The number of carboxylic acid groups (broad SMARTS) is 1. The molecule has 1 aliphatic carbocycles. The molecule has 0 unspecified atom stereocenters. The average molecular weight is 303 g/mol. The highest BCUT2D eigenvalue weighted by Gasteiger charge is 2.24. The minimum atomic E-state index is -0.813. The maximum absolute atomic E-state index is 12.4. The van der Waals surface area contributed by atoms with Crippen molar-refractivity contribution in [3.63, 3.8) is 0 Å². The van der Waals surface area contributed by atoms with E-state index in [1.807, 2.05) is 15.6 Å². The van der Waals surface area contributed by atoms with Crippen LogP contribution in [0.4, 0.5) is 0 Å². The number of carbonyl (C=O) groups excluding carboxylic acids is 1. The van der Waals surface area contributed by atoms with E-state index < -0.39 is 5.97 Å². The second-order valence-electron chi connectivity index (χ2n) is 6.03. The molecule has 2 aliphatic rings. The molecule has 1 amide bonds. The Kier molecular flexibility index (Phi) is 4.27. The van der Waals surface area contributed by atoms with Gasteiger partial charge in [0.05, 0.1) is 30.9 Å². The summed E-state index contributed by atoms with van der Waals surface area (Å²) in [6.07, 6.45) is 7.59. The van der Waals surface area contributed by atoms with Crippen molar-refractivity contribution in [2.75, 3.05) is 6.54 Å². The number of aryl methyl sites for hydroxylation is 1. The number of fused-ring (bicyclic) bond motifs is 1. The van der Waals surface area contributed by atoms with Crippen LogP contribution in [0, 0.1) is 5.92 Å². The summed E-state index contributed by atoms with van der Waals surface area (Å²) in [6.45, 7) is 1.95. The predicted octanol–water partition coefficient (Wildman–Crippen LogP) is 1.60. The van der Waals surface area contributed by atoms with Crippen molar-refractivity contribution in [3.8, 4) is 0 Å². The number of rotatable bonds is 5. The molecule has 0 aromatic carbocycles. The molecule has 118 valence electrons. The van der Waals surface area contributed by atoms with E-state index in [0.29, 0.717) is 38.4 Å². The first-order valence-electron chi connectivity index (χ1n) is 7.83. The van der Waals surface area contributed by atoms with E-state index >= 15 is 0 Å². The standard InChI is InChI=1S/C16H21N3O3/c20-15(9-12-3-1-2-4-12)18-7-8-19-14(11-18)10-13(17-19)5-6-16(21)22/h1,3,10,12H,2,4-9,11H2,(H,21,22)/t12-/m1/s1. The Balaban J connectivity index is 1.59. The molecule has 0 bridgehead atoms. The maximum Gasteiger partial charge on any atom is 0.303 e. The molecule has 22 heavy (non-hydrogen) atoms. The van der Waals surface area contributed by atoms with Crippen molar-refractivity contribution in [3.05, 3.63) is 29.6 Å². The van der Waals surface area contributed by atoms with Crippen LogP contribution >= 0.6 is 0 Å². The van der Waals surface area contributed by atoms with Crippen LogP contribution in [-0.4, -0.2) is 38.2 Å². The summed E-state index contributed by atoms with van der Waals surface area (Å²) in [7, 11) is 0. The number of hydrogen-bond donors (Lipinski definition) is 1. The van der Waals surface area contributed by atoms with Gasteiger partial charge in [-0.2, -0.15) is 5.10 Å². The third kappa shape index (κ3) is 3.37. The van der Waals surface area contributed by atoms with Crippen molar-refractivity contribution in [2.45, 2.75) is 45.2 Å². The smallest absolute Gasteiger partial charge is 0.303 e. The number of aromatic nitrogens is 2. The molecule has 6 nitrogen and oxygen atoms in total. The first kappa shape index (κ1) is 14.8. The summed E-state index contributed by atoms with van der Waals surface area (Å²) in [5, 5.41) is 13.2. The average Bonchev–Trinajstić information content (AvgIpc) is 3.12. The van der Waals surface area contributed by atoms with E-state index in [-0.39, 0.29) is 12.3 Å². The van der Waals surface area contributed by atoms with E-state index in [1.54, 1.807) is 0 Å². The third-order valence-corrected chi connectivity index (χ3v) is 4.35. The lowest BCUT2D eigenvalue weighted by atomic mass is 10.0. The van der Waals surface area contributed by atoms with E-state index in [1.165, 1.54) is 0 Å². The summed E-state index contributed by atoms with van der Waals surface area (Å²) in [5.74, 6) is -0.214. The lowest BCUT2D eigenvalue weighted by Gasteiger charge is -2.28. The van der Waals surface area contributed by atoms with Crippen LogP contribution in [-0.2, 0) is 29.1 Å². The molecular formula is C16H21N3O3. The summed E-state index contributed by atoms with van der Waals surface area (Å²) < 4.78 is 1.90. The first-order valence-corrected chi connectivity index (χ1v) is 7.83. The Labute approximate surface area is 129 Å². The largest absolute Gasteiger partial charge is 0.481 e. The molecule has 2 heterocycles. The quantitative estimate of drug-likeness (QED) is 0.838. The number of hydrogen-bond acceptors (Lipinski definition) is 3. The molecule has 0 fully saturated rings. The van der Waals surface area contributed by atoms with Gasteiger partial charge >= 0.3 is 5.97 Å². The van der Waals surface area contributed by atoms with Crippen molar-refractivity contribution in [2.24, 2.45) is 5.92 Å². The number of allylic oxidation sites excluding steroid dienone is 2. The summed E-state index contributed by atoms with van der Waals surface area (Å²) in [6, 6.07) is 1.93. The van der Waals surface area contributed by atoms with Gasteiger partial charge in [0.1, 0.15) is 0 Å². The Morgan fingerprint density at radius 1 is 1.36 bits per heavy atom. The second-order valence-corrected chi connectivity index (χ2v) is 6.03. The van der Waals surface area contributed by atoms with Crippen LogP contribution in [0.25, 0.3) is 0 Å². The molecule has 0 saturated carbocycles. The molecule has 1 aromatic heterocycles. The Morgan fingerprint density at radius 2 is 2.23 bits per heavy atom. The lowest BCUT2D eigenvalue weighted by Crippen LogP contribution is -2.38. The monoisotopic (exact) mass is 303 g/mol. The van der Waals surface area contributed by atoms with Gasteiger partial charge < -0.3 is 10.0 Å². The summed E-state index contributed by atoms with van der Waals surface area (Å²) >= 11 is 0. The highest BCUT2D eigenvalue weighted by Crippen LogP contribution is 2.23. The fourth-order valence-electron chi connectivity index (χ4n) is 3.11. The van der Waals surface area contributed by atoms with E-state index in [2.05, 4.69) is 17.3 Å². The van der Waals surface area contributed by atoms with Crippen molar-refractivity contribution >= 4 is 11.9 Å². The van der Waals surface area contributed by atoms with Gasteiger partial charge in [-0.05, 0) is 24.8 Å². The minimum absolute atomic E-state index is 0.0904. The Hall–Kier alpha value is -2.11. The SMILES string of the molecule is O=C(O)CCc1cc2n(n1)CCN(C(=O)C[C@@H]1C=CCC1)C2. The molecule has 3 rings (SSSR count). The highest BCUT2D eigenvalue weighted by molar-refractivity contribution is 5.76. The van der Waals surface area contributed by atoms with Crippen LogP contribution in [0.15, 0.2) is 18.2 Å². The van der Waals surface area contributed by atoms with Crippen molar-refractivity contribution < 1.29 is 14.7 Å². The normalized spacial score (nSPS) is 20.2. The number of carbonyl (C=O) groups is 2. The fourth-order valence-corrected chi connectivity index (χ4v) is 3.11. The minimum Gasteiger partial charge on any atom is -0.481 e. The number of aliphatic carboxylic acids is 1. The number of amides is 1. The number of nitrogens with zero attached hydrogens (tertiary/aromatic N) is 3. The molecule has 1 aromatic rings. The Bertz CT molecular complexity index is 606. The van der Waals surface area contributed by atoms with Crippen LogP contribution in [0.2, 0.25) is 0 Å². The maximum atomic E-state index is 12.4. The molecule has 1 N–H and O–H groups in total. The number of carboxylic acids is 1. The van der Waals surface area contributed by atoms with Crippen LogP contribution in [0.3, 0.4) is 0 Å². The zero-order valence-electron chi connectivity index (χ0n) is 12.6.